The summed E-state index contributed by atoms with van der Waals surface area (Å²) in [5, 5.41) is 8.93. The van der Waals surface area contributed by atoms with Crippen molar-refractivity contribution in [2.45, 2.75) is 20.3 Å². The molecule has 1 amide bonds. The predicted molar refractivity (Wildman–Crippen MR) is 67.6 cm³/mol. The monoisotopic (exact) mass is 247 g/mol. The highest BCUT2D eigenvalue weighted by Gasteiger charge is 2.31. The van der Waals surface area contributed by atoms with Crippen molar-refractivity contribution >= 4 is 11.9 Å². The largest absolute Gasteiger partial charge is 0.481 e. The Bertz CT molecular complexity index is 476. The molecule has 4 heteroatoms. The molecule has 0 aliphatic carbocycles. The molecule has 1 atom stereocenters. The average Bonchev–Trinajstić information content (AvgIpc) is 2.75. The molecule has 1 heterocycles. The number of rotatable bonds is 2. The second-order valence-electron chi connectivity index (χ2n) is 4.95. The van der Waals surface area contributed by atoms with Gasteiger partial charge in [-0.15, -0.1) is 0 Å². The van der Waals surface area contributed by atoms with Crippen LogP contribution in [0.3, 0.4) is 0 Å². The van der Waals surface area contributed by atoms with Gasteiger partial charge in [0.25, 0.3) is 5.91 Å². The van der Waals surface area contributed by atoms with E-state index in [1.165, 1.54) is 0 Å². The molecule has 4 nitrogen and oxygen atoms in total. The summed E-state index contributed by atoms with van der Waals surface area (Å²) >= 11 is 0. The number of hydrogen-bond acceptors (Lipinski definition) is 2. The number of aliphatic carboxylic acids is 1. The molecule has 0 spiro atoms. The van der Waals surface area contributed by atoms with E-state index in [1.54, 1.807) is 4.90 Å². The first kappa shape index (κ1) is 12.6. The molecular weight excluding hydrogens is 230 g/mol. The number of carbonyl (C=O) groups is 2. The molecule has 0 aromatic heterocycles. The quantitative estimate of drug-likeness (QED) is 0.867. The van der Waals surface area contributed by atoms with Crippen LogP contribution in [0.15, 0.2) is 18.2 Å². The van der Waals surface area contributed by atoms with Crippen LogP contribution in [-0.2, 0) is 4.79 Å². The smallest absolute Gasteiger partial charge is 0.308 e. The van der Waals surface area contributed by atoms with Gasteiger partial charge < -0.3 is 10.0 Å². The summed E-state index contributed by atoms with van der Waals surface area (Å²) in [5.74, 6) is -1.30. The molecular formula is C14H17NO3. The highest BCUT2D eigenvalue weighted by molar-refractivity contribution is 5.95. The highest BCUT2D eigenvalue weighted by Crippen LogP contribution is 2.20. The standard InChI is InChI=1S/C14H17NO3/c1-9-5-10(2)7-12(6-9)13(16)15-4-3-11(8-15)14(17)18/h5-7,11H,3-4,8H2,1-2H3,(H,17,18). The van der Waals surface area contributed by atoms with Gasteiger partial charge >= 0.3 is 5.97 Å². The molecule has 18 heavy (non-hydrogen) atoms. The topological polar surface area (TPSA) is 57.6 Å². The average molecular weight is 247 g/mol. The summed E-state index contributed by atoms with van der Waals surface area (Å²) in [6, 6.07) is 5.72. The minimum Gasteiger partial charge on any atom is -0.481 e. The van der Waals surface area contributed by atoms with Crippen LogP contribution in [0, 0.1) is 19.8 Å². The number of carbonyl (C=O) groups excluding carboxylic acids is 1. The zero-order chi connectivity index (χ0) is 13.3. The number of hydrogen-bond donors (Lipinski definition) is 1. The fraction of sp³-hybridized carbons (Fsp3) is 0.429. The van der Waals surface area contributed by atoms with Crippen molar-refractivity contribution in [3.63, 3.8) is 0 Å². The zero-order valence-corrected chi connectivity index (χ0v) is 10.6. The first-order valence-electron chi connectivity index (χ1n) is 6.08. The van der Waals surface area contributed by atoms with Gasteiger partial charge in [-0.05, 0) is 32.4 Å². The Labute approximate surface area is 106 Å². The van der Waals surface area contributed by atoms with Gasteiger partial charge in [0, 0.05) is 18.7 Å². The van der Waals surface area contributed by atoms with Gasteiger partial charge in [0.15, 0.2) is 0 Å². The summed E-state index contributed by atoms with van der Waals surface area (Å²) in [6.45, 7) is 4.76. The molecule has 1 fully saturated rings. The van der Waals surface area contributed by atoms with Crippen molar-refractivity contribution in [2.24, 2.45) is 5.92 Å². The van der Waals surface area contributed by atoms with E-state index in [2.05, 4.69) is 0 Å². The van der Waals surface area contributed by atoms with Crippen LogP contribution >= 0.6 is 0 Å². The van der Waals surface area contributed by atoms with E-state index in [-0.39, 0.29) is 5.91 Å². The Morgan fingerprint density at radius 1 is 1.22 bits per heavy atom. The maximum Gasteiger partial charge on any atom is 0.308 e. The molecule has 1 aromatic carbocycles. The second kappa shape index (κ2) is 4.80. The Hall–Kier alpha value is -1.84. The molecule has 1 unspecified atom stereocenters. The molecule has 1 aliphatic heterocycles. The van der Waals surface area contributed by atoms with E-state index in [0.29, 0.717) is 25.1 Å². The minimum absolute atomic E-state index is 0.0643. The number of nitrogens with zero attached hydrogens (tertiary/aromatic N) is 1. The maximum absolute atomic E-state index is 12.3. The van der Waals surface area contributed by atoms with Crippen LogP contribution in [0.2, 0.25) is 0 Å². The number of amides is 1. The lowest BCUT2D eigenvalue weighted by atomic mass is 10.1. The Kier molecular flexibility index (Phi) is 3.36. The first-order valence-corrected chi connectivity index (χ1v) is 6.08. The third-order valence-electron chi connectivity index (χ3n) is 3.29. The van der Waals surface area contributed by atoms with E-state index in [4.69, 9.17) is 5.11 Å². The van der Waals surface area contributed by atoms with Gasteiger partial charge in [-0.2, -0.15) is 0 Å². The molecule has 1 aromatic rings. The van der Waals surface area contributed by atoms with Gasteiger partial charge in [0.2, 0.25) is 0 Å². The van der Waals surface area contributed by atoms with Crippen LogP contribution in [0.5, 0.6) is 0 Å². The fourth-order valence-electron chi connectivity index (χ4n) is 2.43. The van der Waals surface area contributed by atoms with E-state index < -0.39 is 11.9 Å². The van der Waals surface area contributed by atoms with E-state index in [0.717, 1.165) is 11.1 Å². The van der Waals surface area contributed by atoms with Crippen molar-refractivity contribution in [3.8, 4) is 0 Å². The van der Waals surface area contributed by atoms with Crippen LogP contribution in [-0.4, -0.2) is 35.0 Å². The van der Waals surface area contributed by atoms with E-state index >= 15 is 0 Å². The molecule has 96 valence electrons. The Balaban J connectivity index is 2.15. The van der Waals surface area contributed by atoms with Crippen LogP contribution < -0.4 is 0 Å². The fourth-order valence-corrected chi connectivity index (χ4v) is 2.43. The Morgan fingerprint density at radius 2 is 1.83 bits per heavy atom. The number of benzene rings is 1. The summed E-state index contributed by atoms with van der Waals surface area (Å²) in [7, 11) is 0. The maximum atomic E-state index is 12.3. The van der Waals surface area contributed by atoms with Gasteiger partial charge in [-0.1, -0.05) is 17.2 Å². The van der Waals surface area contributed by atoms with Crippen LogP contribution in [0.25, 0.3) is 0 Å². The molecule has 0 radical (unpaired) electrons. The number of aryl methyl sites for hydroxylation is 2. The lowest BCUT2D eigenvalue weighted by Gasteiger charge is -2.16. The Morgan fingerprint density at radius 3 is 2.33 bits per heavy atom. The van der Waals surface area contributed by atoms with Crippen molar-refractivity contribution in [2.75, 3.05) is 13.1 Å². The van der Waals surface area contributed by atoms with E-state index in [1.807, 2.05) is 32.0 Å². The van der Waals surface area contributed by atoms with E-state index in [9.17, 15) is 9.59 Å². The highest BCUT2D eigenvalue weighted by atomic mass is 16.4. The minimum atomic E-state index is -0.814. The molecule has 0 bridgehead atoms. The van der Waals surface area contributed by atoms with Crippen molar-refractivity contribution in [1.29, 1.82) is 0 Å². The summed E-state index contributed by atoms with van der Waals surface area (Å²) < 4.78 is 0. The molecule has 1 aliphatic rings. The first-order chi connectivity index (χ1) is 8.47. The number of likely N-dealkylation sites (tertiary alicyclic amines) is 1. The predicted octanol–water partition coefficient (Wildman–Crippen LogP) is 1.85. The summed E-state index contributed by atoms with van der Waals surface area (Å²) in [6.07, 6.45) is 0.547. The third kappa shape index (κ3) is 2.53. The SMILES string of the molecule is Cc1cc(C)cc(C(=O)N2CCC(C(=O)O)C2)c1. The molecule has 1 saturated heterocycles. The third-order valence-corrected chi connectivity index (χ3v) is 3.29. The zero-order valence-electron chi connectivity index (χ0n) is 10.6. The molecule has 2 rings (SSSR count). The molecule has 0 saturated carbocycles. The van der Waals surface area contributed by atoms with Gasteiger partial charge in [0.1, 0.15) is 0 Å². The number of carboxylic acids is 1. The number of carboxylic acid groups (broad SMARTS) is 1. The van der Waals surface area contributed by atoms with Crippen molar-refractivity contribution in [3.05, 3.63) is 34.9 Å². The second-order valence-corrected chi connectivity index (χ2v) is 4.95. The summed E-state index contributed by atoms with van der Waals surface area (Å²) in [4.78, 5) is 24.8. The van der Waals surface area contributed by atoms with Crippen LogP contribution in [0.1, 0.15) is 27.9 Å². The van der Waals surface area contributed by atoms with Crippen molar-refractivity contribution < 1.29 is 14.7 Å². The van der Waals surface area contributed by atoms with Gasteiger partial charge in [-0.25, -0.2) is 0 Å². The van der Waals surface area contributed by atoms with Crippen molar-refractivity contribution in [1.82, 2.24) is 4.90 Å². The van der Waals surface area contributed by atoms with Crippen LogP contribution in [0.4, 0.5) is 0 Å². The lowest BCUT2D eigenvalue weighted by Crippen LogP contribution is -2.30. The van der Waals surface area contributed by atoms with Gasteiger partial charge in [0.05, 0.1) is 5.92 Å². The summed E-state index contributed by atoms with van der Waals surface area (Å²) in [5.41, 5.74) is 2.75. The molecule has 1 N–H and O–H groups in total. The normalized spacial score (nSPS) is 19.0. The van der Waals surface area contributed by atoms with Gasteiger partial charge in [-0.3, -0.25) is 9.59 Å². The lowest BCUT2D eigenvalue weighted by molar-refractivity contribution is -0.141.